The van der Waals surface area contributed by atoms with E-state index in [-0.39, 0.29) is 12.5 Å². The van der Waals surface area contributed by atoms with Crippen molar-refractivity contribution in [1.29, 1.82) is 0 Å². The molecule has 0 aliphatic carbocycles. The third-order valence-electron chi connectivity index (χ3n) is 5.46. The maximum atomic E-state index is 12.9. The first-order valence-electron chi connectivity index (χ1n) is 10.4. The zero-order valence-electron chi connectivity index (χ0n) is 18.6. The number of hydrogen-bond acceptors (Lipinski definition) is 9. The normalized spacial score (nSPS) is 16.1. The smallest absolute Gasteiger partial charge is 0.268 e. The van der Waals surface area contributed by atoms with Crippen molar-refractivity contribution in [3.63, 3.8) is 0 Å². The molecule has 0 spiro atoms. The van der Waals surface area contributed by atoms with Gasteiger partial charge in [0.2, 0.25) is 5.88 Å². The molecule has 1 aliphatic rings. The topological polar surface area (TPSA) is 132 Å². The van der Waals surface area contributed by atoms with Crippen molar-refractivity contribution >= 4 is 17.2 Å². The van der Waals surface area contributed by atoms with E-state index in [4.69, 9.17) is 4.74 Å². The lowest BCUT2D eigenvalue weighted by molar-refractivity contribution is -0.125. The number of hydrogen-bond donors (Lipinski definition) is 1. The molecule has 11 nitrogen and oxygen atoms in total. The van der Waals surface area contributed by atoms with Gasteiger partial charge in [-0.1, -0.05) is 0 Å². The third kappa shape index (κ3) is 3.65. The molecule has 0 saturated carbocycles. The molecule has 1 N–H and O–H groups in total. The fourth-order valence-electron chi connectivity index (χ4n) is 3.69. The van der Waals surface area contributed by atoms with Crippen LogP contribution in [0.1, 0.15) is 38.0 Å². The Morgan fingerprint density at radius 2 is 1.88 bits per heavy atom. The number of fused-ring (bicyclic) bond motifs is 2. The molecule has 1 aliphatic heterocycles. The number of aliphatic hydroxyl groups is 1. The van der Waals surface area contributed by atoms with Crippen molar-refractivity contribution in [3.05, 3.63) is 54.5 Å². The second-order valence-electron chi connectivity index (χ2n) is 8.40. The maximum Gasteiger partial charge on any atom is 0.268 e. The molecule has 4 aromatic heterocycles. The molecular formula is C22H22N8O3. The number of anilines is 1. The number of rotatable bonds is 4. The SMILES string of the molecule is Cc1nc2cnc(-c3cnc(C(C)(C)O)nc3)cn2c1CN1C(=O)[C@@H](C)Oc2ncncc21. The van der Waals surface area contributed by atoms with Gasteiger partial charge in [-0.15, -0.1) is 0 Å². The van der Waals surface area contributed by atoms with Crippen molar-refractivity contribution in [2.24, 2.45) is 0 Å². The highest BCUT2D eigenvalue weighted by Crippen LogP contribution is 2.32. The van der Waals surface area contributed by atoms with Crippen LogP contribution in [0, 0.1) is 6.92 Å². The first kappa shape index (κ1) is 20.9. The third-order valence-corrected chi connectivity index (χ3v) is 5.46. The van der Waals surface area contributed by atoms with E-state index in [0.29, 0.717) is 34.3 Å². The number of aromatic nitrogens is 7. The van der Waals surface area contributed by atoms with Crippen LogP contribution in [0.4, 0.5) is 5.69 Å². The number of nitrogens with zero attached hydrogens (tertiary/aromatic N) is 8. The van der Waals surface area contributed by atoms with Crippen molar-refractivity contribution in [2.45, 2.75) is 45.9 Å². The van der Waals surface area contributed by atoms with Gasteiger partial charge in [-0.3, -0.25) is 19.1 Å². The van der Waals surface area contributed by atoms with E-state index >= 15 is 0 Å². The Balaban J connectivity index is 1.55. The molecule has 33 heavy (non-hydrogen) atoms. The van der Waals surface area contributed by atoms with E-state index in [1.807, 2.05) is 17.5 Å². The van der Waals surface area contributed by atoms with Crippen molar-refractivity contribution < 1.29 is 14.6 Å². The predicted octanol–water partition coefficient (Wildman–Crippen LogP) is 1.83. The van der Waals surface area contributed by atoms with Gasteiger partial charge < -0.3 is 9.84 Å². The van der Waals surface area contributed by atoms with Gasteiger partial charge in [0.25, 0.3) is 5.91 Å². The van der Waals surface area contributed by atoms with E-state index in [9.17, 15) is 9.90 Å². The Hall–Kier alpha value is -3.99. The Morgan fingerprint density at radius 3 is 2.61 bits per heavy atom. The number of carbonyl (C=O) groups is 1. The van der Waals surface area contributed by atoms with Crippen molar-refractivity contribution in [1.82, 2.24) is 34.3 Å². The Bertz CT molecular complexity index is 1360. The van der Waals surface area contributed by atoms with Gasteiger partial charge in [-0.2, -0.15) is 4.98 Å². The minimum atomic E-state index is -1.13. The molecule has 0 saturated heterocycles. The highest BCUT2D eigenvalue weighted by molar-refractivity contribution is 5.99. The molecule has 11 heteroatoms. The maximum absolute atomic E-state index is 12.9. The van der Waals surface area contributed by atoms with Gasteiger partial charge in [0.1, 0.15) is 17.6 Å². The second-order valence-corrected chi connectivity index (χ2v) is 8.40. The molecule has 168 valence electrons. The minimum absolute atomic E-state index is 0.184. The molecule has 0 aromatic carbocycles. The molecule has 5 heterocycles. The fraction of sp³-hybridized carbons (Fsp3) is 0.318. The standard InChI is InChI=1S/C22H22N8O3/c1-12-17(10-30-16-7-23-11-27-19(16)33-13(2)20(30)31)29-9-15(24-8-18(29)28-12)14-5-25-21(26-6-14)22(3,4)32/h5-9,11,13,32H,10H2,1-4H3/t13-/m1/s1. The van der Waals surface area contributed by atoms with Crippen LogP contribution in [0.3, 0.4) is 0 Å². The van der Waals surface area contributed by atoms with Crippen molar-refractivity contribution in [2.75, 3.05) is 4.90 Å². The van der Waals surface area contributed by atoms with Gasteiger partial charge >= 0.3 is 0 Å². The number of imidazole rings is 1. The average Bonchev–Trinajstić information content (AvgIpc) is 3.10. The summed E-state index contributed by atoms with van der Waals surface area (Å²) in [4.78, 5) is 40.4. The largest absolute Gasteiger partial charge is 0.463 e. The minimum Gasteiger partial charge on any atom is -0.463 e. The van der Waals surface area contributed by atoms with E-state index < -0.39 is 11.7 Å². The number of ether oxygens (including phenoxy) is 1. The Morgan fingerprint density at radius 1 is 1.12 bits per heavy atom. The summed E-state index contributed by atoms with van der Waals surface area (Å²) >= 11 is 0. The van der Waals surface area contributed by atoms with E-state index in [2.05, 4.69) is 29.9 Å². The van der Waals surface area contributed by atoms with Crippen LogP contribution in [0.25, 0.3) is 16.9 Å². The van der Waals surface area contributed by atoms with E-state index in [0.717, 1.165) is 11.4 Å². The van der Waals surface area contributed by atoms with Gasteiger partial charge in [0, 0.05) is 24.2 Å². The zero-order chi connectivity index (χ0) is 23.3. The summed E-state index contributed by atoms with van der Waals surface area (Å²) in [5.74, 6) is 0.513. The Labute approximate surface area is 189 Å². The molecule has 4 aromatic rings. The number of amides is 1. The van der Waals surface area contributed by atoms with Gasteiger partial charge in [0.05, 0.1) is 36.0 Å². The summed E-state index contributed by atoms with van der Waals surface area (Å²) in [7, 11) is 0. The second kappa shape index (κ2) is 7.55. The molecule has 0 bridgehead atoms. The van der Waals surface area contributed by atoms with Gasteiger partial charge in [-0.25, -0.2) is 19.9 Å². The van der Waals surface area contributed by atoms with Crippen LogP contribution >= 0.6 is 0 Å². The van der Waals surface area contributed by atoms with Crippen molar-refractivity contribution in [3.8, 4) is 17.1 Å². The van der Waals surface area contributed by atoms with Crippen LogP contribution in [0.2, 0.25) is 0 Å². The molecule has 1 amide bonds. The predicted molar refractivity (Wildman–Crippen MR) is 117 cm³/mol. The van der Waals surface area contributed by atoms with E-state index in [1.54, 1.807) is 50.5 Å². The zero-order valence-corrected chi connectivity index (χ0v) is 18.6. The highest BCUT2D eigenvalue weighted by atomic mass is 16.5. The summed E-state index contributed by atoms with van der Waals surface area (Å²) in [6.07, 6.45) is 9.05. The summed E-state index contributed by atoms with van der Waals surface area (Å²) < 4.78 is 7.52. The summed E-state index contributed by atoms with van der Waals surface area (Å²) in [6.45, 7) is 7.10. The Kier molecular flexibility index (Phi) is 4.78. The quantitative estimate of drug-likeness (QED) is 0.498. The van der Waals surface area contributed by atoms with Crippen LogP contribution in [0.15, 0.2) is 37.3 Å². The van der Waals surface area contributed by atoms with Crippen LogP contribution in [-0.4, -0.2) is 51.4 Å². The lowest BCUT2D eigenvalue weighted by Crippen LogP contribution is -2.44. The molecule has 1 atom stereocenters. The first-order valence-corrected chi connectivity index (χ1v) is 10.4. The van der Waals surface area contributed by atoms with Crippen LogP contribution < -0.4 is 9.64 Å². The fourth-order valence-corrected chi connectivity index (χ4v) is 3.69. The monoisotopic (exact) mass is 446 g/mol. The molecule has 5 rings (SSSR count). The molecular weight excluding hydrogens is 424 g/mol. The van der Waals surface area contributed by atoms with Crippen LogP contribution in [-0.2, 0) is 16.9 Å². The molecule has 0 fully saturated rings. The summed E-state index contributed by atoms with van der Waals surface area (Å²) in [5.41, 5.74) is 2.95. The summed E-state index contributed by atoms with van der Waals surface area (Å²) in [6, 6.07) is 0. The number of aryl methyl sites for hydroxylation is 1. The molecule has 0 radical (unpaired) electrons. The lowest BCUT2D eigenvalue weighted by atomic mass is 10.1. The van der Waals surface area contributed by atoms with Gasteiger partial charge in [0.15, 0.2) is 17.6 Å². The molecule has 0 unspecified atom stereocenters. The summed E-state index contributed by atoms with van der Waals surface area (Å²) in [5, 5.41) is 10.1. The first-order chi connectivity index (χ1) is 15.7. The highest BCUT2D eigenvalue weighted by Gasteiger charge is 2.33. The van der Waals surface area contributed by atoms with Gasteiger partial charge in [-0.05, 0) is 27.7 Å². The lowest BCUT2D eigenvalue weighted by Gasteiger charge is -2.31. The van der Waals surface area contributed by atoms with E-state index in [1.165, 1.54) is 6.33 Å². The average molecular weight is 446 g/mol. The number of carbonyl (C=O) groups excluding carboxylic acids is 1. The van der Waals surface area contributed by atoms with Crippen LogP contribution in [0.5, 0.6) is 5.88 Å².